The van der Waals surface area contributed by atoms with Crippen LogP contribution in [0.5, 0.6) is 0 Å². The molecular weight excluding hydrogens is 418 g/mol. The lowest BCUT2D eigenvalue weighted by Crippen LogP contribution is -2.23. The molecule has 26 heavy (non-hydrogen) atoms. The summed E-state index contributed by atoms with van der Waals surface area (Å²) in [6.45, 7) is 1.81. The number of hydrogen-bond acceptors (Lipinski definition) is 4. The summed E-state index contributed by atoms with van der Waals surface area (Å²) < 4.78 is 5.96. The van der Waals surface area contributed by atoms with Gasteiger partial charge < -0.3 is 4.74 Å². The summed E-state index contributed by atoms with van der Waals surface area (Å²) in [7, 11) is 0. The molecule has 0 spiro atoms. The Labute approximate surface area is 164 Å². The van der Waals surface area contributed by atoms with Crippen LogP contribution in [0.25, 0.3) is 0 Å². The first kappa shape index (κ1) is 18.6. The second-order valence-electron chi connectivity index (χ2n) is 6.08. The quantitative estimate of drug-likeness (QED) is 0.504. The van der Waals surface area contributed by atoms with Crippen LogP contribution in [-0.2, 0) is 9.53 Å². The van der Waals surface area contributed by atoms with Crippen LogP contribution in [-0.4, -0.2) is 18.4 Å². The number of nitriles is 1. The molecule has 1 aliphatic rings. The van der Waals surface area contributed by atoms with Crippen LogP contribution in [0.3, 0.4) is 0 Å². The van der Waals surface area contributed by atoms with Gasteiger partial charge in [0.25, 0.3) is 0 Å². The van der Waals surface area contributed by atoms with E-state index in [9.17, 15) is 14.9 Å². The predicted octanol–water partition coefficient (Wildman–Crippen LogP) is 4.77. The van der Waals surface area contributed by atoms with Crippen LogP contribution in [0.2, 0.25) is 5.02 Å². The number of Topliss-reactive ketones (excluding diaryl/α,β-unsaturated/α-hetero) is 1. The summed E-state index contributed by atoms with van der Waals surface area (Å²) in [5, 5.41) is 10.3. The summed E-state index contributed by atoms with van der Waals surface area (Å²) in [5.41, 5.74) is -0.389. The molecule has 6 heteroatoms. The number of ketones is 1. The fraction of sp³-hybridized carbons (Fsp3) is 0.250. The van der Waals surface area contributed by atoms with Crippen molar-refractivity contribution in [3.63, 3.8) is 0 Å². The largest absolute Gasteiger partial charge is 0.465 e. The fourth-order valence-corrected chi connectivity index (χ4v) is 3.85. The van der Waals surface area contributed by atoms with E-state index < -0.39 is 23.2 Å². The molecule has 0 aliphatic heterocycles. The number of halogens is 2. The van der Waals surface area contributed by atoms with E-state index >= 15 is 0 Å². The standard InChI is InChI=1S/C20H15BrClNO3/c1-2-26-19(25)20(11-23)16(13-4-3-5-15(22)10-13)17(20)18(24)12-6-8-14(21)9-7-12/h3-10,16-17H,2H2,1H3. The van der Waals surface area contributed by atoms with Gasteiger partial charge in [-0.15, -0.1) is 0 Å². The Balaban J connectivity index is 2.05. The van der Waals surface area contributed by atoms with Crippen molar-refractivity contribution in [1.82, 2.24) is 0 Å². The van der Waals surface area contributed by atoms with Crippen LogP contribution in [0.15, 0.2) is 53.0 Å². The lowest BCUT2D eigenvalue weighted by molar-refractivity contribution is -0.147. The second-order valence-corrected chi connectivity index (χ2v) is 7.43. The van der Waals surface area contributed by atoms with Gasteiger partial charge in [0.2, 0.25) is 0 Å². The molecule has 1 aliphatic carbocycles. The molecule has 0 amide bonds. The Morgan fingerprint density at radius 3 is 2.54 bits per heavy atom. The third kappa shape index (κ3) is 3.04. The molecular formula is C20H15BrClNO3. The molecule has 1 saturated carbocycles. The first-order chi connectivity index (χ1) is 12.5. The summed E-state index contributed by atoms with van der Waals surface area (Å²) in [4.78, 5) is 25.7. The highest BCUT2D eigenvalue weighted by atomic mass is 79.9. The van der Waals surface area contributed by atoms with Crippen LogP contribution in [0.1, 0.15) is 28.8 Å². The maximum Gasteiger partial charge on any atom is 0.327 e. The van der Waals surface area contributed by atoms with Crippen LogP contribution < -0.4 is 0 Å². The minimum Gasteiger partial charge on any atom is -0.465 e. The molecule has 0 radical (unpaired) electrons. The Morgan fingerprint density at radius 1 is 1.27 bits per heavy atom. The molecule has 0 bridgehead atoms. The molecule has 0 heterocycles. The molecule has 4 nitrogen and oxygen atoms in total. The minimum atomic E-state index is -1.52. The number of ether oxygens (including phenoxy) is 1. The summed E-state index contributed by atoms with van der Waals surface area (Å²) >= 11 is 9.40. The average Bonchev–Trinajstić information content (AvgIpc) is 3.32. The van der Waals surface area contributed by atoms with Gasteiger partial charge in [0.1, 0.15) is 0 Å². The summed E-state index contributed by atoms with van der Waals surface area (Å²) in [6.07, 6.45) is 0. The van der Waals surface area contributed by atoms with Crippen molar-refractivity contribution in [3.8, 4) is 6.07 Å². The number of hydrogen-bond donors (Lipinski definition) is 0. The van der Waals surface area contributed by atoms with Gasteiger partial charge in [0.15, 0.2) is 11.2 Å². The highest BCUT2D eigenvalue weighted by Crippen LogP contribution is 2.66. The molecule has 0 aromatic heterocycles. The highest BCUT2D eigenvalue weighted by Gasteiger charge is 2.75. The van der Waals surface area contributed by atoms with Crippen molar-refractivity contribution in [2.24, 2.45) is 11.3 Å². The minimum absolute atomic E-state index is 0.143. The molecule has 1 fully saturated rings. The van der Waals surface area contributed by atoms with Crippen LogP contribution >= 0.6 is 27.5 Å². The molecule has 0 saturated heterocycles. The maximum atomic E-state index is 13.1. The van der Waals surface area contributed by atoms with Crippen molar-refractivity contribution >= 4 is 39.3 Å². The number of nitrogens with zero attached hydrogens (tertiary/aromatic N) is 1. The molecule has 3 rings (SSSR count). The number of benzene rings is 2. The topological polar surface area (TPSA) is 67.2 Å². The van der Waals surface area contributed by atoms with Crippen molar-refractivity contribution < 1.29 is 14.3 Å². The monoisotopic (exact) mass is 431 g/mol. The van der Waals surface area contributed by atoms with E-state index in [-0.39, 0.29) is 12.4 Å². The van der Waals surface area contributed by atoms with Crippen LogP contribution in [0.4, 0.5) is 0 Å². The Bertz CT molecular complexity index is 906. The van der Waals surface area contributed by atoms with Gasteiger partial charge >= 0.3 is 5.97 Å². The lowest BCUT2D eigenvalue weighted by atomic mass is 9.99. The third-order valence-corrected chi connectivity index (χ3v) is 5.39. The van der Waals surface area contributed by atoms with E-state index in [0.717, 1.165) is 4.47 Å². The molecule has 3 unspecified atom stereocenters. The average molecular weight is 433 g/mol. The number of carbonyl (C=O) groups excluding carboxylic acids is 2. The summed E-state index contributed by atoms with van der Waals surface area (Å²) in [5.74, 6) is -2.30. The zero-order valence-electron chi connectivity index (χ0n) is 13.9. The molecule has 3 atom stereocenters. The van der Waals surface area contributed by atoms with Gasteiger partial charge in [-0.1, -0.05) is 51.8 Å². The maximum absolute atomic E-state index is 13.1. The van der Waals surface area contributed by atoms with E-state index in [1.807, 2.05) is 0 Å². The van der Waals surface area contributed by atoms with Gasteiger partial charge in [0, 0.05) is 21.0 Å². The van der Waals surface area contributed by atoms with Crippen molar-refractivity contribution in [3.05, 3.63) is 69.2 Å². The number of carbonyl (C=O) groups is 2. The molecule has 2 aromatic carbocycles. The normalized spacial score (nSPS) is 23.8. The lowest BCUT2D eigenvalue weighted by Gasteiger charge is -2.08. The van der Waals surface area contributed by atoms with Gasteiger partial charge in [-0.2, -0.15) is 5.26 Å². The van der Waals surface area contributed by atoms with E-state index in [0.29, 0.717) is 16.1 Å². The first-order valence-corrected chi connectivity index (χ1v) is 9.26. The number of rotatable bonds is 5. The van der Waals surface area contributed by atoms with Crippen LogP contribution in [0, 0.1) is 22.7 Å². The zero-order valence-corrected chi connectivity index (χ0v) is 16.3. The first-order valence-electron chi connectivity index (χ1n) is 8.09. The summed E-state index contributed by atoms with van der Waals surface area (Å²) in [6, 6.07) is 15.8. The SMILES string of the molecule is CCOC(=O)C1(C#N)C(C(=O)c2ccc(Br)cc2)C1c1cccc(Cl)c1. The highest BCUT2D eigenvalue weighted by molar-refractivity contribution is 9.10. The van der Waals surface area contributed by atoms with Crippen molar-refractivity contribution in [2.45, 2.75) is 12.8 Å². The second kappa shape index (κ2) is 7.22. The van der Waals surface area contributed by atoms with E-state index in [4.69, 9.17) is 16.3 Å². The van der Waals surface area contributed by atoms with Gasteiger partial charge in [-0.3, -0.25) is 9.59 Å². The third-order valence-electron chi connectivity index (χ3n) is 4.62. The van der Waals surface area contributed by atoms with Gasteiger partial charge in [-0.25, -0.2) is 0 Å². The molecule has 2 aromatic rings. The Morgan fingerprint density at radius 2 is 1.96 bits per heavy atom. The van der Waals surface area contributed by atoms with E-state index in [2.05, 4.69) is 22.0 Å². The molecule has 0 N–H and O–H groups in total. The van der Waals surface area contributed by atoms with E-state index in [1.165, 1.54) is 0 Å². The smallest absolute Gasteiger partial charge is 0.327 e. The number of esters is 1. The van der Waals surface area contributed by atoms with Crippen molar-refractivity contribution in [1.29, 1.82) is 5.26 Å². The van der Waals surface area contributed by atoms with Gasteiger partial charge in [0.05, 0.1) is 18.6 Å². The Hall–Kier alpha value is -2.16. The predicted molar refractivity (Wildman–Crippen MR) is 101 cm³/mol. The molecule has 132 valence electrons. The van der Waals surface area contributed by atoms with E-state index in [1.54, 1.807) is 55.5 Å². The van der Waals surface area contributed by atoms with Gasteiger partial charge in [-0.05, 0) is 36.8 Å². The van der Waals surface area contributed by atoms with Crippen molar-refractivity contribution in [2.75, 3.05) is 6.61 Å². The zero-order chi connectivity index (χ0) is 18.9. The fourth-order valence-electron chi connectivity index (χ4n) is 3.38. The Kier molecular flexibility index (Phi) is 5.17.